The van der Waals surface area contributed by atoms with E-state index in [0.717, 1.165) is 4.47 Å². The van der Waals surface area contributed by atoms with E-state index in [1.807, 2.05) is 0 Å². The van der Waals surface area contributed by atoms with Crippen molar-refractivity contribution in [1.29, 1.82) is 5.41 Å². The van der Waals surface area contributed by atoms with Crippen molar-refractivity contribution < 1.29 is 9.53 Å². The van der Waals surface area contributed by atoms with Crippen LogP contribution in [0.1, 0.15) is 26.3 Å². The van der Waals surface area contributed by atoms with Gasteiger partial charge in [-0.15, -0.1) is 0 Å². The Labute approximate surface area is 109 Å². The fraction of sp³-hybridized carbons (Fsp3) is 0.333. The molecule has 1 aromatic rings. The zero-order valence-electron chi connectivity index (χ0n) is 10.0. The van der Waals surface area contributed by atoms with Crippen LogP contribution in [0.2, 0.25) is 0 Å². The Kier molecular flexibility index (Phi) is 4.28. The number of carbonyl (C=O) groups excluding carboxylic acids is 1. The number of nitrogens with one attached hydrogen (secondary N) is 2. The predicted octanol–water partition coefficient (Wildman–Crippen LogP) is 3.79. The van der Waals surface area contributed by atoms with Crippen molar-refractivity contribution in [2.75, 3.05) is 5.32 Å². The Morgan fingerprint density at radius 3 is 2.65 bits per heavy atom. The smallest absolute Gasteiger partial charge is 0.412 e. The van der Waals surface area contributed by atoms with E-state index in [2.05, 4.69) is 21.2 Å². The molecule has 2 N–H and O–H groups in total. The van der Waals surface area contributed by atoms with Crippen LogP contribution >= 0.6 is 15.9 Å². The zero-order chi connectivity index (χ0) is 13.1. The molecule has 0 atom stereocenters. The summed E-state index contributed by atoms with van der Waals surface area (Å²) in [6.07, 6.45) is 0.653. The summed E-state index contributed by atoms with van der Waals surface area (Å²) in [6.45, 7) is 5.39. The first-order chi connectivity index (χ1) is 7.81. The van der Waals surface area contributed by atoms with Gasteiger partial charge < -0.3 is 10.1 Å². The first kappa shape index (κ1) is 13.7. The van der Waals surface area contributed by atoms with Gasteiger partial charge in [0.15, 0.2) is 0 Å². The Bertz CT molecular complexity index is 439. The van der Waals surface area contributed by atoms with E-state index < -0.39 is 11.7 Å². The van der Waals surface area contributed by atoms with E-state index >= 15 is 0 Å². The molecule has 17 heavy (non-hydrogen) atoms. The second kappa shape index (κ2) is 5.31. The summed E-state index contributed by atoms with van der Waals surface area (Å²) < 4.78 is 5.99. The lowest BCUT2D eigenvalue weighted by Crippen LogP contribution is -2.27. The third-order valence-electron chi connectivity index (χ3n) is 1.80. The maximum atomic E-state index is 11.6. The van der Waals surface area contributed by atoms with Crippen LogP contribution in [0.3, 0.4) is 0 Å². The molecule has 0 aliphatic carbocycles. The Hall–Kier alpha value is -1.36. The molecule has 4 nitrogen and oxygen atoms in total. The quantitative estimate of drug-likeness (QED) is 0.816. The fourth-order valence-electron chi connectivity index (χ4n) is 1.18. The molecule has 1 aromatic carbocycles. The van der Waals surface area contributed by atoms with E-state index in [0.29, 0.717) is 11.3 Å². The highest BCUT2D eigenvalue weighted by molar-refractivity contribution is 9.10. The first-order valence-electron chi connectivity index (χ1n) is 5.12. The number of rotatable bonds is 2. The molecule has 1 rings (SSSR count). The number of ether oxygens (including phenoxy) is 1. The van der Waals surface area contributed by atoms with Crippen molar-refractivity contribution in [1.82, 2.24) is 0 Å². The van der Waals surface area contributed by atoms with Gasteiger partial charge in [-0.3, -0.25) is 5.32 Å². The molecule has 0 saturated carbocycles. The van der Waals surface area contributed by atoms with Crippen LogP contribution < -0.4 is 5.32 Å². The topological polar surface area (TPSA) is 62.2 Å². The van der Waals surface area contributed by atoms with Gasteiger partial charge in [0.25, 0.3) is 0 Å². The van der Waals surface area contributed by atoms with Crippen molar-refractivity contribution in [3.8, 4) is 0 Å². The number of amides is 1. The van der Waals surface area contributed by atoms with E-state index in [-0.39, 0.29) is 0 Å². The van der Waals surface area contributed by atoms with E-state index in [1.54, 1.807) is 39.0 Å². The lowest BCUT2D eigenvalue weighted by molar-refractivity contribution is 0.0636. The first-order valence-corrected chi connectivity index (χ1v) is 5.91. The molecular formula is C12H15BrN2O2. The number of halogens is 1. The average Bonchev–Trinajstić information content (AvgIpc) is 2.17. The average molecular weight is 299 g/mol. The van der Waals surface area contributed by atoms with Crippen molar-refractivity contribution in [3.63, 3.8) is 0 Å². The molecule has 0 unspecified atom stereocenters. The van der Waals surface area contributed by atoms with Crippen LogP contribution in [0.4, 0.5) is 10.5 Å². The highest BCUT2D eigenvalue weighted by Crippen LogP contribution is 2.20. The molecule has 0 radical (unpaired) electrons. The highest BCUT2D eigenvalue weighted by Gasteiger charge is 2.16. The largest absolute Gasteiger partial charge is 0.444 e. The van der Waals surface area contributed by atoms with E-state index in [4.69, 9.17) is 10.1 Å². The van der Waals surface area contributed by atoms with Crippen LogP contribution in [-0.2, 0) is 4.74 Å². The highest BCUT2D eigenvalue weighted by atomic mass is 79.9. The fourth-order valence-corrected chi connectivity index (χ4v) is 1.56. The van der Waals surface area contributed by atoms with Crippen molar-refractivity contribution in [3.05, 3.63) is 28.2 Å². The minimum Gasteiger partial charge on any atom is -0.444 e. The van der Waals surface area contributed by atoms with Crippen LogP contribution in [-0.4, -0.2) is 17.9 Å². The summed E-state index contributed by atoms with van der Waals surface area (Å²) in [6, 6.07) is 5.26. The van der Waals surface area contributed by atoms with Crippen molar-refractivity contribution in [2.24, 2.45) is 0 Å². The molecule has 0 aromatic heterocycles. The maximum Gasteiger partial charge on any atom is 0.412 e. The number of benzene rings is 1. The molecular weight excluding hydrogens is 284 g/mol. The molecule has 0 fully saturated rings. The zero-order valence-corrected chi connectivity index (χ0v) is 11.6. The van der Waals surface area contributed by atoms with Gasteiger partial charge in [0.1, 0.15) is 5.60 Å². The Balaban J connectivity index is 2.81. The van der Waals surface area contributed by atoms with Crippen LogP contribution in [0, 0.1) is 5.41 Å². The lowest BCUT2D eigenvalue weighted by Gasteiger charge is -2.20. The van der Waals surface area contributed by atoms with Gasteiger partial charge in [-0.05, 0) is 39.0 Å². The van der Waals surface area contributed by atoms with Gasteiger partial charge >= 0.3 is 6.09 Å². The van der Waals surface area contributed by atoms with Crippen LogP contribution in [0.25, 0.3) is 0 Å². The number of hydrogen-bond acceptors (Lipinski definition) is 3. The maximum absolute atomic E-state index is 11.6. The van der Waals surface area contributed by atoms with Crippen LogP contribution in [0.5, 0.6) is 0 Å². The normalized spacial score (nSPS) is 10.8. The molecule has 0 saturated heterocycles. The van der Waals surface area contributed by atoms with E-state index in [1.165, 1.54) is 6.21 Å². The Morgan fingerprint density at radius 1 is 1.47 bits per heavy atom. The Morgan fingerprint density at radius 2 is 2.12 bits per heavy atom. The second-order valence-corrected chi connectivity index (χ2v) is 5.42. The van der Waals surface area contributed by atoms with Crippen molar-refractivity contribution in [2.45, 2.75) is 26.4 Å². The van der Waals surface area contributed by atoms with Gasteiger partial charge in [0, 0.05) is 16.3 Å². The molecule has 0 aliphatic rings. The summed E-state index contributed by atoms with van der Waals surface area (Å²) in [5, 5.41) is 9.88. The van der Waals surface area contributed by atoms with Gasteiger partial charge in [0.05, 0.1) is 5.69 Å². The summed E-state index contributed by atoms with van der Waals surface area (Å²) in [7, 11) is 0. The SMILES string of the molecule is CC(C)(C)OC(=O)Nc1ccc(Br)cc1C=N. The van der Waals surface area contributed by atoms with E-state index in [9.17, 15) is 4.79 Å². The molecule has 0 spiro atoms. The monoisotopic (exact) mass is 298 g/mol. The van der Waals surface area contributed by atoms with Gasteiger partial charge in [-0.1, -0.05) is 15.9 Å². The third kappa shape index (κ3) is 4.56. The van der Waals surface area contributed by atoms with Gasteiger partial charge in [-0.25, -0.2) is 4.79 Å². The van der Waals surface area contributed by atoms with Crippen LogP contribution in [0.15, 0.2) is 22.7 Å². The summed E-state index contributed by atoms with van der Waals surface area (Å²) >= 11 is 3.30. The van der Waals surface area contributed by atoms with Crippen molar-refractivity contribution >= 4 is 33.9 Å². The summed E-state index contributed by atoms with van der Waals surface area (Å²) in [5.74, 6) is 0. The standard InChI is InChI=1S/C12H15BrN2O2/c1-12(2,3)17-11(16)15-10-5-4-9(13)6-8(10)7-14/h4-7,14H,1-3H3,(H,15,16). The summed E-state index contributed by atoms with van der Waals surface area (Å²) in [4.78, 5) is 11.6. The number of anilines is 1. The third-order valence-corrected chi connectivity index (χ3v) is 2.30. The molecule has 1 amide bonds. The van der Waals surface area contributed by atoms with Gasteiger partial charge in [0.2, 0.25) is 0 Å². The predicted molar refractivity (Wildman–Crippen MR) is 71.9 cm³/mol. The van der Waals surface area contributed by atoms with Gasteiger partial charge in [-0.2, -0.15) is 0 Å². The summed E-state index contributed by atoms with van der Waals surface area (Å²) in [5.41, 5.74) is 0.632. The minimum atomic E-state index is -0.537. The molecule has 5 heteroatoms. The minimum absolute atomic E-state index is 0.525. The molecule has 0 aliphatic heterocycles. The lowest BCUT2D eigenvalue weighted by atomic mass is 10.2. The molecule has 92 valence electrons. The molecule has 0 heterocycles. The number of carbonyl (C=O) groups is 1. The number of hydrogen-bond donors (Lipinski definition) is 2. The molecule has 0 bridgehead atoms. The second-order valence-electron chi connectivity index (χ2n) is 4.50.